The number of anilines is 1. The van der Waals surface area contributed by atoms with Crippen molar-refractivity contribution in [1.82, 2.24) is 10.2 Å². The Morgan fingerprint density at radius 3 is 2.45 bits per heavy atom. The molecule has 0 amide bonds. The smallest absolute Gasteiger partial charge is 0.362 e. The molecular weight excluding hydrogens is 291 g/mol. The molecule has 6 heteroatoms. The number of hydrogen-bond acceptors (Lipinski definition) is 3. The van der Waals surface area contributed by atoms with Crippen molar-refractivity contribution in [2.24, 2.45) is 0 Å². The second-order valence-electron chi connectivity index (χ2n) is 6.17. The van der Waals surface area contributed by atoms with Crippen LogP contribution in [0, 0.1) is 0 Å². The Balaban J connectivity index is 1.83. The second kappa shape index (κ2) is 4.97. The van der Waals surface area contributed by atoms with Gasteiger partial charge in [0.1, 0.15) is 5.82 Å². The minimum absolute atomic E-state index is 0.0214. The summed E-state index contributed by atoms with van der Waals surface area (Å²) in [5.74, 6) is 0.352. The molecule has 1 atom stereocenters. The molecular formula is C16H16F3N3. The first kappa shape index (κ1) is 14.8. The van der Waals surface area contributed by atoms with Crippen molar-refractivity contribution >= 4 is 5.82 Å². The number of nitrogens with zero attached hydrogens (tertiary/aromatic N) is 2. The van der Waals surface area contributed by atoms with E-state index in [1.165, 1.54) is 11.6 Å². The van der Waals surface area contributed by atoms with E-state index in [-0.39, 0.29) is 11.5 Å². The predicted molar refractivity (Wildman–Crippen MR) is 77.5 cm³/mol. The van der Waals surface area contributed by atoms with Crippen LogP contribution in [0.15, 0.2) is 36.4 Å². The molecule has 1 unspecified atom stereocenters. The molecule has 1 heterocycles. The summed E-state index contributed by atoms with van der Waals surface area (Å²) in [6.45, 7) is 4.32. The van der Waals surface area contributed by atoms with E-state index >= 15 is 0 Å². The number of benzene rings is 1. The highest BCUT2D eigenvalue weighted by Crippen LogP contribution is 2.45. The molecule has 2 aromatic rings. The molecule has 0 fully saturated rings. The van der Waals surface area contributed by atoms with Gasteiger partial charge in [-0.05, 0) is 35.1 Å². The minimum atomic E-state index is -4.46. The molecule has 0 aliphatic heterocycles. The normalized spacial score (nSPS) is 19.8. The van der Waals surface area contributed by atoms with Crippen LogP contribution >= 0.6 is 0 Å². The topological polar surface area (TPSA) is 37.8 Å². The average Bonchev–Trinajstić information content (AvgIpc) is 2.70. The molecule has 1 N–H and O–H groups in total. The number of fused-ring (bicyclic) bond motifs is 1. The average molecular weight is 307 g/mol. The van der Waals surface area contributed by atoms with Crippen molar-refractivity contribution in [3.05, 3.63) is 53.2 Å². The Labute approximate surface area is 126 Å². The van der Waals surface area contributed by atoms with Crippen molar-refractivity contribution in [2.75, 3.05) is 5.32 Å². The Morgan fingerprint density at radius 2 is 1.82 bits per heavy atom. The molecule has 1 aliphatic carbocycles. The zero-order valence-corrected chi connectivity index (χ0v) is 12.3. The Bertz CT molecular complexity index is 678. The summed E-state index contributed by atoms with van der Waals surface area (Å²) >= 11 is 0. The first-order chi connectivity index (χ1) is 10.3. The van der Waals surface area contributed by atoms with Crippen LogP contribution in [-0.4, -0.2) is 10.2 Å². The van der Waals surface area contributed by atoms with Crippen LogP contribution in [0.25, 0.3) is 0 Å². The summed E-state index contributed by atoms with van der Waals surface area (Å²) in [6, 6.07) is 10.4. The van der Waals surface area contributed by atoms with Gasteiger partial charge in [0.15, 0.2) is 5.69 Å². The maximum atomic E-state index is 12.5. The van der Waals surface area contributed by atoms with Crippen molar-refractivity contribution < 1.29 is 13.2 Å². The maximum Gasteiger partial charge on any atom is 0.435 e. The Morgan fingerprint density at radius 1 is 1.09 bits per heavy atom. The fourth-order valence-corrected chi connectivity index (χ4v) is 3.02. The molecule has 1 aliphatic rings. The van der Waals surface area contributed by atoms with Crippen LogP contribution in [0.4, 0.5) is 19.0 Å². The summed E-state index contributed by atoms with van der Waals surface area (Å²) in [4.78, 5) is 0. The van der Waals surface area contributed by atoms with Crippen LogP contribution in [0.3, 0.4) is 0 Å². The maximum absolute atomic E-state index is 12.5. The lowest BCUT2D eigenvalue weighted by Gasteiger charge is -2.19. The number of hydrogen-bond donors (Lipinski definition) is 1. The predicted octanol–water partition coefficient (Wildman–Crippen LogP) is 4.33. The second-order valence-corrected chi connectivity index (χ2v) is 6.17. The summed E-state index contributed by atoms with van der Waals surface area (Å²) in [5.41, 5.74) is 1.46. The lowest BCUT2D eigenvalue weighted by atomic mass is 9.86. The fraction of sp³-hybridized carbons (Fsp3) is 0.375. The monoisotopic (exact) mass is 307 g/mol. The number of rotatable bonds is 2. The zero-order chi connectivity index (χ0) is 16.0. The number of halogens is 3. The van der Waals surface area contributed by atoms with Gasteiger partial charge in [-0.2, -0.15) is 13.2 Å². The van der Waals surface area contributed by atoms with Crippen molar-refractivity contribution in [3.63, 3.8) is 0 Å². The van der Waals surface area contributed by atoms with E-state index in [9.17, 15) is 13.2 Å². The van der Waals surface area contributed by atoms with E-state index in [0.717, 1.165) is 18.1 Å². The van der Waals surface area contributed by atoms with Gasteiger partial charge in [-0.15, -0.1) is 10.2 Å². The molecule has 1 aromatic carbocycles. The summed E-state index contributed by atoms with van der Waals surface area (Å²) in [7, 11) is 0. The van der Waals surface area contributed by atoms with Crippen molar-refractivity contribution in [2.45, 2.75) is 37.9 Å². The third-order valence-electron chi connectivity index (χ3n) is 4.06. The van der Waals surface area contributed by atoms with Crippen LogP contribution < -0.4 is 5.32 Å². The zero-order valence-electron chi connectivity index (χ0n) is 12.3. The molecule has 3 rings (SSSR count). The van der Waals surface area contributed by atoms with Gasteiger partial charge in [0.2, 0.25) is 0 Å². The highest BCUT2D eigenvalue weighted by molar-refractivity contribution is 5.47. The van der Waals surface area contributed by atoms with Gasteiger partial charge in [-0.1, -0.05) is 38.1 Å². The van der Waals surface area contributed by atoms with Crippen molar-refractivity contribution in [1.29, 1.82) is 0 Å². The van der Waals surface area contributed by atoms with Gasteiger partial charge in [0, 0.05) is 0 Å². The van der Waals surface area contributed by atoms with Gasteiger partial charge < -0.3 is 5.32 Å². The number of alkyl halides is 3. The molecule has 1 aromatic heterocycles. The van der Waals surface area contributed by atoms with E-state index in [1.54, 1.807) is 0 Å². The standard InChI is InChI=1S/C16H16F3N3/c1-15(2)9-12(10-5-3-4-6-11(10)15)20-14-8-7-13(21-22-14)16(17,18)19/h3-8,12H,9H2,1-2H3,(H,20,22). The molecule has 3 nitrogen and oxygen atoms in total. The Hall–Kier alpha value is -2.11. The van der Waals surface area contributed by atoms with Crippen molar-refractivity contribution in [3.8, 4) is 0 Å². The highest BCUT2D eigenvalue weighted by atomic mass is 19.4. The van der Waals surface area contributed by atoms with Gasteiger partial charge in [-0.3, -0.25) is 0 Å². The lowest BCUT2D eigenvalue weighted by Crippen LogP contribution is -2.15. The first-order valence-electron chi connectivity index (χ1n) is 7.04. The largest absolute Gasteiger partial charge is 0.435 e. The molecule has 0 radical (unpaired) electrons. The summed E-state index contributed by atoms with van der Waals surface area (Å²) in [6.07, 6.45) is -3.61. The number of aromatic nitrogens is 2. The molecule has 116 valence electrons. The van der Waals surface area contributed by atoms with E-state index in [0.29, 0.717) is 5.82 Å². The fourth-order valence-electron chi connectivity index (χ4n) is 3.02. The van der Waals surface area contributed by atoms with Gasteiger partial charge in [0.05, 0.1) is 6.04 Å². The van der Waals surface area contributed by atoms with E-state index < -0.39 is 11.9 Å². The molecule has 22 heavy (non-hydrogen) atoms. The number of nitrogens with one attached hydrogen (secondary N) is 1. The highest BCUT2D eigenvalue weighted by Gasteiger charge is 2.37. The van der Waals surface area contributed by atoms with Crippen LogP contribution in [0.1, 0.15) is 43.1 Å². The third kappa shape index (κ3) is 2.65. The van der Waals surface area contributed by atoms with Crippen LogP contribution in [0.5, 0.6) is 0 Å². The van der Waals surface area contributed by atoms with Crippen LogP contribution in [0.2, 0.25) is 0 Å². The minimum Gasteiger partial charge on any atom is -0.362 e. The molecule has 0 spiro atoms. The SMILES string of the molecule is CC1(C)CC(Nc2ccc(C(F)(F)F)nn2)c2ccccc21. The van der Waals surface area contributed by atoms with E-state index in [4.69, 9.17) is 0 Å². The molecule has 0 saturated heterocycles. The van der Waals surface area contributed by atoms with E-state index in [1.807, 2.05) is 18.2 Å². The van der Waals surface area contributed by atoms with Gasteiger partial charge >= 0.3 is 6.18 Å². The lowest BCUT2D eigenvalue weighted by molar-refractivity contribution is -0.141. The van der Waals surface area contributed by atoms with Crippen LogP contribution in [-0.2, 0) is 11.6 Å². The molecule has 0 saturated carbocycles. The Kier molecular flexibility index (Phi) is 3.34. The van der Waals surface area contributed by atoms with E-state index in [2.05, 4.69) is 35.4 Å². The first-order valence-corrected chi connectivity index (χ1v) is 7.04. The van der Waals surface area contributed by atoms with Gasteiger partial charge in [-0.25, -0.2) is 0 Å². The molecule has 0 bridgehead atoms. The quantitative estimate of drug-likeness (QED) is 0.897. The van der Waals surface area contributed by atoms with Gasteiger partial charge in [0.25, 0.3) is 0 Å². The summed E-state index contributed by atoms with van der Waals surface area (Å²) < 4.78 is 37.5. The third-order valence-corrected chi connectivity index (χ3v) is 4.06. The summed E-state index contributed by atoms with van der Waals surface area (Å²) in [5, 5.41) is 10.1.